The van der Waals surface area contributed by atoms with Crippen molar-refractivity contribution in [3.05, 3.63) is 29.0 Å². The van der Waals surface area contributed by atoms with Crippen molar-refractivity contribution in [2.45, 2.75) is 31.7 Å². The van der Waals surface area contributed by atoms with Crippen molar-refractivity contribution >= 4 is 34.2 Å². The number of nitrogens with zero attached hydrogens (tertiary/aromatic N) is 3. The van der Waals surface area contributed by atoms with E-state index in [1.54, 1.807) is 0 Å². The summed E-state index contributed by atoms with van der Waals surface area (Å²) in [4.78, 5) is 7.11. The van der Waals surface area contributed by atoms with Crippen molar-refractivity contribution in [1.82, 2.24) is 14.5 Å². The molecule has 0 bridgehead atoms. The SMILES string of the molecule is ClCc1nc2cc(Cl)ccc2n1CCCN1CCCC1. The molecule has 0 spiro atoms. The molecule has 108 valence electrons. The van der Waals surface area contributed by atoms with Crippen molar-refractivity contribution < 1.29 is 0 Å². The third kappa shape index (κ3) is 2.95. The number of aromatic nitrogens is 2. The first-order chi connectivity index (χ1) is 9.78. The van der Waals surface area contributed by atoms with Crippen LogP contribution >= 0.6 is 23.2 Å². The molecule has 0 unspecified atom stereocenters. The van der Waals surface area contributed by atoms with E-state index in [1.807, 2.05) is 18.2 Å². The van der Waals surface area contributed by atoms with E-state index in [1.165, 1.54) is 25.9 Å². The van der Waals surface area contributed by atoms with Crippen LogP contribution in [0.1, 0.15) is 25.1 Å². The number of alkyl halides is 1. The van der Waals surface area contributed by atoms with Crippen LogP contribution < -0.4 is 0 Å². The lowest BCUT2D eigenvalue weighted by Gasteiger charge is -2.15. The first kappa shape index (κ1) is 14.2. The maximum Gasteiger partial charge on any atom is 0.124 e. The Bertz CT molecular complexity index is 588. The molecule has 3 nitrogen and oxygen atoms in total. The largest absolute Gasteiger partial charge is 0.327 e. The minimum Gasteiger partial charge on any atom is -0.327 e. The Morgan fingerprint density at radius 3 is 2.70 bits per heavy atom. The molecule has 5 heteroatoms. The minimum absolute atomic E-state index is 0.440. The van der Waals surface area contributed by atoms with Gasteiger partial charge >= 0.3 is 0 Å². The van der Waals surface area contributed by atoms with E-state index >= 15 is 0 Å². The van der Waals surface area contributed by atoms with Gasteiger partial charge in [-0.1, -0.05) is 11.6 Å². The summed E-state index contributed by atoms with van der Waals surface area (Å²) in [5.74, 6) is 1.38. The number of fused-ring (bicyclic) bond motifs is 1. The van der Waals surface area contributed by atoms with Crippen LogP contribution in [-0.4, -0.2) is 34.1 Å². The van der Waals surface area contributed by atoms with E-state index in [0.29, 0.717) is 5.88 Å². The van der Waals surface area contributed by atoms with E-state index in [9.17, 15) is 0 Å². The van der Waals surface area contributed by atoms with Gasteiger partial charge in [-0.25, -0.2) is 4.98 Å². The van der Waals surface area contributed by atoms with Crippen molar-refractivity contribution in [3.8, 4) is 0 Å². The summed E-state index contributed by atoms with van der Waals surface area (Å²) >= 11 is 12.0. The molecule has 2 aromatic rings. The predicted molar refractivity (Wildman–Crippen MR) is 84.6 cm³/mol. The number of imidazole rings is 1. The van der Waals surface area contributed by atoms with Crippen LogP contribution in [0.15, 0.2) is 18.2 Å². The molecule has 0 N–H and O–H groups in total. The fourth-order valence-electron chi connectivity index (χ4n) is 2.96. The third-order valence-electron chi connectivity index (χ3n) is 3.96. The maximum atomic E-state index is 6.02. The van der Waals surface area contributed by atoms with E-state index in [-0.39, 0.29) is 0 Å². The van der Waals surface area contributed by atoms with E-state index in [0.717, 1.165) is 41.4 Å². The number of rotatable bonds is 5. The van der Waals surface area contributed by atoms with Gasteiger partial charge in [0.2, 0.25) is 0 Å². The Balaban J connectivity index is 1.75. The van der Waals surface area contributed by atoms with Gasteiger partial charge in [-0.2, -0.15) is 0 Å². The van der Waals surface area contributed by atoms with Crippen LogP contribution in [0.25, 0.3) is 11.0 Å². The summed E-state index contributed by atoms with van der Waals surface area (Å²) in [6, 6.07) is 5.86. The van der Waals surface area contributed by atoms with Crippen molar-refractivity contribution in [2.75, 3.05) is 19.6 Å². The highest BCUT2D eigenvalue weighted by molar-refractivity contribution is 6.31. The number of halogens is 2. The minimum atomic E-state index is 0.440. The zero-order valence-electron chi connectivity index (χ0n) is 11.5. The molecule has 0 atom stereocenters. The second-order valence-electron chi connectivity index (χ2n) is 5.35. The molecule has 2 heterocycles. The Morgan fingerprint density at radius 2 is 1.95 bits per heavy atom. The average molecular weight is 312 g/mol. The number of likely N-dealkylation sites (tertiary alicyclic amines) is 1. The smallest absolute Gasteiger partial charge is 0.124 e. The van der Waals surface area contributed by atoms with Crippen LogP contribution in [0.2, 0.25) is 5.02 Å². The maximum absolute atomic E-state index is 6.02. The molecule has 1 saturated heterocycles. The van der Waals surface area contributed by atoms with Gasteiger partial charge in [0.25, 0.3) is 0 Å². The summed E-state index contributed by atoms with van der Waals surface area (Å²) in [6.07, 6.45) is 3.83. The third-order valence-corrected chi connectivity index (χ3v) is 4.44. The molecule has 1 aliphatic rings. The first-order valence-corrected chi connectivity index (χ1v) is 8.12. The van der Waals surface area contributed by atoms with Gasteiger partial charge in [0, 0.05) is 11.6 Å². The molecule has 1 fully saturated rings. The lowest BCUT2D eigenvalue weighted by Crippen LogP contribution is -2.21. The molecule has 1 aromatic heterocycles. The Morgan fingerprint density at radius 1 is 1.15 bits per heavy atom. The van der Waals surface area contributed by atoms with Crippen LogP contribution in [0, 0.1) is 0 Å². The molecule has 0 saturated carbocycles. The standard InChI is InChI=1S/C15H19Cl2N3/c16-11-15-18-13-10-12(17)4-5-14(13)20(15)9-3-8-19-6-1-2-7-19/h4-5,10H,1-3,6-9,11H2. The van der Waals surface area contributed by atoms with Gasteiger partial charge in [-0.3, -0.25) is 0 Å². The highest BCUT2D eigenvalue weighted by atomic mass is 35.5. The fourth-order valence-corrected chi connectivity index (χ4v) is 3.33. The van der Waals surface area contributed by atoms with Gasteiger partial charge in [0.1, 0.15) is 5.82 Å². The quantitative estimate of drug-likeness (QED) is 0.780. The highest BCUT2D eigenvalue weighted by Gasteiger charge is 2.13. The van der Waals surface area contributed by atoms with E-state index in [2.05, 4.69) is 14.5 Å². The monoisotopic (exact) mass is 311 g/mol. The molecule has 1 aromatic carbocycles. The Labute approximate surface area is 129 Å². The molecule has 0 amide bonds. The van der Waals surface area contributed by atoms with Crippen LogP contribution in [-0.2, 0) is 12.4 Å². The summed E-state index contributed by atoms with van der Waals surface area (Å²) in [6.45, 7) is 4.64. The van der Waals surface area contributed by atoms with Gasteiger partial charge < -0.3 is 9.47 Å². The average Bonchev–Trinajstić information content (AvgIpc) is 3.06. The van der Waals surface area contributed by atoms with Crippen LogP contribution in [0.3, 0.4) is 0 Å². The van der Waals surface area contributed by atoms with Gasteiger partial charge in [0.05, 0.1) is 16.9 Å². The first-order valence-electron chi connectivity index (χ1n) is 7.21. The van der Waals surface area contributed by atoms with Gasteiger partial charge in [-0.15, -0.1) is 11.6 Å². The van der Waals surface area contributed by atoms with Crippen molar-refractivity contribution in [3.63, 3.8) is 0 Å². The molecule has 20 heavy (non-hydrogen) atoms. The molecule has 3 rings (SSSR count). The molecular formula is C15H19Cl2N3. The van der Waals surface area contributed by atoms with Crippen LogP contribution in [0.5, 0.6) is 0 Å². The van der Waals surface area contributed by atoms with E-state index in [4.69, 9.17) is 23.2 Å². The van der Waals surface area contributed by atoms with Gasteiger partial charge in [-0.05, 0) is 57.1 Å². The number of hydrogen-bond acceptors (Lipinski definition) is 2. The normalized spacial score (nSPS) is 16.3. The van der Waals surface area contributed by atoms with Crippen LogP contribution in [0.4, 0.5) is 0 Å². The molecule has 0 aliphatic carbocycles. The van der Waals surface area contributed by atoms with Crippen molar-refractivity contribution in [1.29, 1.82) is 0 Å². The number of hydrogen-bond donors (Lipinski definition) is 0. The highest BCUT2D eigenvalue weighted by Crippen LogP contribution is 2.22. The topological polar surface area (TPSA) is 21.1 Å². The zero-order chi connectivity index (χ0) is 13.9. The Kier molecular flexibility index (Phi) is 4.49. The predicted octanol–water partition coefficient (Wildman–Crippen LogP) is 3.91. The van der Waals surface area contributed by atoms with E-state index < -0.39 is 0 Å². The second-order valence-corrected chi connectivity index (χ2v) is 6.05. The molecular weight excluding hydrogens is 293 g/mol. The molecule has 1 aliphatic heterocycles. The summed E-state index contributed by atoms with van der Waals surface area (Å²) < 4.78 is 2.23. The fraction of sp³-hybridized carbons (Fsp3) is 0.533. The summed E-state index contributed by atoms with van der Waals surface area (Å²) in [7, 11) is 0. The van der Waals surface area contributed by atoms with Crippen molar-refractivity contribution in [2.24, 2.45) is 0 Å². The summed E-state index contributed by atoms with van der Waals surface area (Å²) in [5.41, 5.74) is 2.07. The molecule has 0 radical (unpaired) electrons. The summed E-state index contributed by atoms with van der Waals surface area (Å²) in [5, 5.41) is 0.723. The number of aryl methyl sites for hydroxylation is 1. The lowest BCUT2D eigenvalue weighted by atomic mass is 10.3. The number of benzene rings is 1. The lowest BCUT2D eigenvalue weighted by molar-refractivity contribution is 0.325. The van der Waals surface area contributed by atoms with Gasteiger partial charge in [0.15, 0.2) is 0 Å². The Hall–Kier alpha value is -0.770. The second kappa shape index (κ2) is 6.33. The zero-order valence-corrected chi connectivity index (χ0v) is 13.0.